The Morgan fingerprint density at radius 3 is 2.48 bits per heavy atom. The lowest BCUT2D eigenvalue weighted by atomic mass is 10.1. The molecule has 1 aliphatic rings. The van der Waals surface area contributed by atoms with E-state index in [0.29, 0.717) is 6.07 Å². The second kappa shape index (κ2) is 5.09. The van der Waals surface area contributed by atoms with Crippen LogP contribution in [0.2, 0.25) is 0 Å². The van der Waals surface area contributed by atoms with Gasteiger partial charge in [-0.3, -0.25) is 9.59 Å². The highest BCUT2D eigenvalue weighted by Gasteiger charge is 2.48. The molecular weight excluding hydrogens is 289 g/mol. The molecule has 2 rings (SSSR count). The molecule has 0 aliphatic heterocycles. The summed E-state index contributed by atoms with van der Waals surface area (Å²) < 4.78 is 38.6. The van der Waals surface area contributed by atoms with Crippen molar-refractivity contribution >= 4 is 17.6 Å². The van der Waals surface area contributed by atoms with Gasteiger partial charge in [-0.25, -0.2) is 0 Å². The summed E-state index contributed by atoms with van der Waals surface area (Å²) in [5, 5.41) is 19.4. The monoisotopic (exact) mass is 298 g/mol. The van der Waals surface area contributed by atoms with Crippen molar-refractivity contribution in [1.29, 1.82) is 5.26 Å². The van der Waals surface area contributed by atoms with Crippen molar-refractivity contribution in [3.05, 3.63) is 29.3 Å². The van der Waals surface area contributed by atoms with Crippen molar-refractivity contribution < 1.29 is 27.9 Å². The number of hydrogen-bond acceptors (Lipinski definition) is 3. The molecule has 2 N–H and O–H groups in total. The van der Waals surface area contributed by atoms with Crippen LogP contribution in [0.3, 0.4) is 0 Å². The molecule has 0 bridgehead atoms. The van der Waals surface area contributed by atoms with E-state index in [0.717, 1.165) is 12.1 Å². The Balaban J connectivity index is 2.23. The van der Waals surface area contributed by atoms with Gasteiger partial charge in [0.15, 0.2) is 0 Å². The van der Waals surface area contributed by atoms with Crippen LogP contribution in [0.5, 0.6) is 0 Å². The third-order valence-electron chi connectivity index (χ3n) is 3.16. The van der Waals surface area contributed by atoms with Crippen LogP contribution in [0.1, 0.15) is 17.5 Å². The average molecular weight is 298 g/mol. The van der Waals surface area contributed by atoms with Crippen molar-refractivity contribution in [2.24, 2.45) is 11.8 Å². The minimum absolute atomic E-state index is 0.110. The van der Waals surface area contributed by atoms with Crippen molar-refractivity contribution in [3.63, 3.8) is 0 Å². The van der Waals surface area contributed by atoms with Gasteiger partial charge in [-0.15, -0.1) is 0 Å². The maximum atomic E-state index is 12.9. The third kappa shape index (κ3) is 3.13. The normalized spacial score (nSPS) is 20.5. The fourth-order valence-corrected chi connectivity index (χ4v) is 1.94. The molecule has 2 atom stereocenters. The van der Waals surface area contributed by atoms with Crippen LogP contribution < -0.4 is 5.32 Å². The Labute approximate surface area is 117 Å². The Morgan fingerprint density at radius 2 is 2.00 bits per heavy atom. The zero-order valence-electron chi connectivity index (χ0n) is 10.4. The van der Waals surface area contributed by atoms with Crippen LogP contribution in [-0.2, 0) is 15.8 Å². The van der Waals surface area contributed by atoms with Crippen LogP contribution >= 0.6 is 0 Å². The number of rotatable bonds is 3. The van der Waals surface area contributed by atoms with Crippen LogP contribution in [0, 0.1) is 23.2 Å². The maximum Gasteiger partial charge on any atom is 0.418 e. The first kappa shape index (κ1) is 14.8. The number of hydrogen-bond donors (Lipinski definition) is 2. The second-order valence-corrected chi connectivity index (χ2v) is 4.65. The van der Waals surface area contributed by atoms with E-state index in [1.807, 2.05) is 0 Å². The summed E-state index contributed by atoms with van der Waals surface area (Å²) in [6, 6.07) is 4.35. The minimum atomic E-state index is -4.73. The number of nitrogens with one attached hydrogen (secondary N) is 1. The molecule has 0 spiro atoms. The van der Waals surface area contributed by atoms with Crippen LogP contribution in [0.25, 0.3) is 0 Å². The van der Waals surface area contributed by atoms with Crippen molar-refractivity contribution in [1.82, 2.24) is 0 Å². The van der Waals surface area contributed by atoms with Gasteiger partial charge >= 0.3 is 12.1 Å². The van der Waals surface area contributed by atoms with Gasteiger partial charge in [0.1, 0.15) is 0 Å². The van der Waals surface area contributed by atoms with Gasteiger partial charge in [0.25, 0.3) is 0 Å². The summed E-state index contributed by atoms with van der Waals surface area (Å²) in [4.78, 5) is 22.4. The fourth-order valence-electron chi connectivity index (χ4n) is 1.94. The number of aliphatic carboxylic acids is 1. The summed E-state index contributed by atoms with van der Waals surface area (Å²) in [5.74, 6) is -3.58. The number of amides is 1. The number of carboxylic acid groups (broad SMARTS) is 1. The number of anilines is 1. The number of carbonyl (C=O) groups excluding carboxylic acids is 1. The minimum Gasteiger partial charge on any atom is -0.481 e. The standard InChI is InChI=1S/C13H9F3N2O3/c14-13(15,16)9-3-6(5-17)1-2-10(9)18-11(19)7-4-8(7)12(20)21/h1-3,7-8H,4H2,(H,18,19)(H,20,21). The molecule has 21 heavy (non-hydrogen) atoms. The molecule has 8 heteroatoms. The molecule has 1 aromatic carbocycles. The molecule has 1 fully saturated rings. The lowest BCUT2D eigenvalue weighted by molar-refractivity contribution is -0.140. The smallest absolute Gasteiger partial charge is 0.418 e. The third-order valence-corrected chi connectivity index (χ3v) is 3.16. The molecule has 0 heterocycles. The van der Waals surface area contributed by atoms with E-state index >= 15 is 0 Å². The van der Waals surface area contributed by atoms with Gasteiger partial charge in [-0.2, -0.15) is 18.4 Å². The van der Waals surface area contributed by atoms with Crippen LogP contribution in [0.4, 0.5) is 18.9 Å². The van der Waals surface area contributed by atoms with E-state index in [2.05, 4.69) is 5.32 Å². The molecule has 110 valence electrons. The number of carbonyl (C=O) groups is 2. The van der Waals surface area contributed by atoms with E-state index in [1.54, 1.807) is 6.07 Å². The summed E-state index contributed by atoms with van der Waals surface area (Å²) in [6.45, 7) is 0. The zero-order valence-corrected chi connectivity index (χ0v) is 10.4. The summed E-state index contributed by atoms with van der Waals surface area (Å²) in [5.41, 5.74) is -1.81. The van der Waals surface area contributed by atoms with Gasteiger partial charge in [-0.1, -0.05) is 0 Å². The van der Waals surface area contributed by atoms with Crippen LogP contribution in [-0.4, -0.2) is 17.0 Å². The van der Waals surface area contributed by atoms with Crippen molar-refractivity contribution in [2.75, 3.05) is 5.32 Å². The largest absolute Gasteiger partial charge is 0.481 e. The summed E-state index contributed by atoms with van der Waals surface area (Å²) in [7, 11) is 0. The van der Waals surface area contributed by atoms with Gasteiger partial charge in [0.05, 0.1) is 34.7 Å². The Bertz CT molecular complexity index is 649. The number of nitrogens with zero attached hydrogens (tertiary/aromatic N) is 1. The Kier molecular flexibility index (Phi) is 3.60. The molecule has 1 saturated carbocycles. The molecule has 2 unspecified atom stereocenters. The maximum absolute atomic E-state index is 12.9. The lowest BCUT2D eigenvalue weighted by Crippen LogP contribution is -2.20. The average Bonchev–Trinajstić information content (AvgIpc) is 3.18. The Morgan fingerprint density at radius 1 is 1.33 bits per heavy atom. The quantitative estimate of drug-likeness (QED) is 0.895. The summed E-state index contributed by atoms with van der Waals surface area (Å²) >= 11 is 0. The first-order valence-corrected chi connectivity index (χ1v) is 5.89. The molecule has 1 aliphatic carbocycles. The number of halogens is 3. The molecule has 0 aromatic heterocycles. The number of benzene rings is 1. The second-order valence-electron chi connectivity index (χ2n) is 4.65. The fraction of sp³-hybridized carbons (Fsp3) is 0.308. The molecule has 1 amide bonds. The highest BCUT2D eigenvalue weighted by atomic mass is 19.4. The molecule has 0 radical (unpaired) electrons. The number of alkyl halides is 3. The van der Waals surface area contributed by atoms with Gasteiger partial charge < -0.3 is 10.4 Å². The van der Waals surface area contributed by atoms with Gasteiger partial charge in [-0.05, 0) is 24.6 Å². The molecule has 1 aromatic rings. The lowest BCUT2D eigenvalue weighted by Gasteiger charge is -2.14. The van der Waals surface area contributed by atoms with Crippen molar-refractivity contribution in [2.45, 2.75) is 12.6 Å². The molecule has 5 nitrogen and oxygen atoms in total. The number of nitriles is 1. The Hall–Kier alpha value is -2.56. The van der Waals surface area contributed by atoms with E-state index < -0.39 is 41.1 Å². The first-order chi connectivity index (χ1) is 9.74. The van der Waals surface area contributed by atoms with E-state index in [4.69, 9.17) is 10.4 Å². The topological polar surface area (TPSA) is 90.2 Å². The number of carboxylic acids is 1. The van der Waals surface area contributed by atoms with E-state index in [9.17, 15) is 22.8 Å². The first-order valence-electron chi connectivity index (χ1n) is 5.89. The SMILES string of the molecule is N#Cc1ccc(NC(=O)C2CC2C(=O)O)c(C(F)(F)F)c1. The molecule has 0 saturated heterocycles. The highest BCUT2D eigenvalue weighted by Crippen LogP contribution is 2.41. The van der Waals surface area contributed by atoms with E-state index in [1.165, 1.54) is 0 Å². The predicted octanol–water partition coefficient (Wildman–Crippen LogP) is 2.24. The highest BCUT2D eigenvalue weighted by molar-refractivity contribution is 5.98. The van der Waals surface area contributed by atoms with Crippen molar-refractivity contribution in [3.8, 4) is 6.07 Å². The van der Waals surface area contributed by atoms with Gasteiger partial charge in [0.2, 0.25) is 5.91 Å². The molecular formula is C13H9F3N2O3. The van der Waals surface area contributed by atoms with E-state index in [-0.39, 0.29) is 12.0 Å². The van der Waals surface area contributed by atoms with Crippen LogP contribution in [0.15, 0.2) is 18.2 Å². The van der Waals surface area contributed by atoms with Gasteiger partial charge in [0, 0.05) is 0 Å². The zero-order chi connectivity index (χ0) is 15.8. The summed E-state index contributed by atoms with van der Waals surface area (Å²) in [6.07, 6.45) is -4.62. The predicted molar refractivity (Wildman–Crippen MR) is 64.0 cm³/mol.